The van der Waals surface area contributed by atoms with E-state index in [0.717, 1.165) is 24.9 Å². The fourth-order valence-corrected chi connectivity index (χ4v) is 2.01. The van der Waals surface area contributed by atoms with Gasteiger partial charge in [-0.2, -0.15) is 5.10 Å². The molecule has 0 heterocycles. The number of ether oxygens (including phenoxy) is 1. The van der Waals surface area contributed by atoms with Crippen LogP contribution in [0.4, 0.5) is 14.5 Å². The van der Waals surface area contributed by atoms with E-state index in [-0.39, 0.29) is 5.75 Å². The number of hydrogen-bond acceptors (Lipinski definition) is 3. The van der Waals surface area contributed by atoms with Gasteiger partial charge in [-0.1, -0.05) is 38.0 Å². The van der Waals surface area contributed by atoms with Crippen molar-refractivity contribution in [2.24, 2.45) is 5.10 Å². The lowest BCUT2D eigenvalue weighted by Crippen LogP contribution is -2.02. The molecule has 122 valence electrons. The zero-order chi connectivity index (χ0) is 16.5. The first kappa shape index (κ1) is 16.9. The molecule has 0 unspecified atom stereocenters. The van der Waals surface area contributed by atoms with Crippen LogP contribution in [0.1, 0.15) is 31.7 Å². The van der Waals surface area contributed by atoms with Crippen LogP contribution in [-0.2, 0) is 0 Å². The summed E-state index contributed by atoms with van der Waals surface area (Å²) in [5.41, 5.74) is 3.90. The molecule has 0 saturated carbocycles. The van der Waals surface area contributed by atoms with Crippen LogP contribution in [0.2, 0.25) is 0 Å². The van der Waals surface area contributed by atoms with Gasteiger partial charge in [0.1, 0.15) is 0 Å². The lowest BCUT2D eigenvalue weighted by molar-refractivity contribution is 0.276. The van der Waals surface area contributed by atoms with Gasteiger partial charge in [-0.3, -0.25) is 5.43 Å². The maximum Gasteiger partial charge on any atom is 0.190 e. The fourth-order valence-electron chi connectivity index (χ4n) is 2.01. The molecule has 5 heteroatoms. The van der Waals surface area contributed by atoms with Crippen molar-refractivity contribution >= 4 is 11.9 Å². The van der Waals surface area contributed by atoms with Gasteiger partial charge in [-0.15, -0.1) is 0 Å². The Bertz CT molecular complexity index is 622. The highest BCUT2D eigenvalue weighted by atomic mass is 19.1. The molecule has 0 amide bonds. The molecular formula is C18H20F2N2O. The third kappa shape index (κ3) is 5.36. The Balaban J connectivity index is 1.98. The smallest absolute Gasteiger partial charge is 0.190 e. The molecule has 23 heavy (non-hydrogen) atoms. The van der Waals surface area contributed by atoms with Gasteiger partial charge >= 0.3 is 0 Å². The van der Waals surface area contributed by atoms with Crippen molar-refractivity contribution in [2.75, 3.05) is 12.0 Å². The molecule has 0 aliphatic heterocycles. The van der Waals surface area contributed by atoms with Gasteiger partial charge < -0.3 is 4.74 Å². The SMILES string of the molecule is CCCCCOc1c(F)cc(C=NNc2ccccc2)cc1F. The summed E-state index contributed by atoms with van der Waals surface area (Å²) in [5, 5.41) is 3.96. The van der Waals surface area contributed by atoms with E-state index in [9.17, 15) is 8.78 Å². The molecule has 0 spiro atoms. The van der Waals surface area contributed by atoms with Gasteiger partial charge in [0, 0.05) is 5.56 Å². The van der Waals surface area contributed by atoms with Crippen LogP contribution < -0.4 is 10.2 Å². The van der Waals surface area contributed by atoms with Crippen LogP contribution in [0.25, 0.3) is 0 Å². The number of nitrogens with zero attached hydrogens (tertiary/aromatic N) is 1. The first-order valence-electron chi connectivity index (χ1n) is 7.66. The van der Waals surface area contributed by atoms with E-state index in [1.54, 1.807) is 0 Å². The van der Waals surface area contributed by atoms with Crippen molar-refractivity contribution < 1.29 is 13.5 Å². The highest BCUT2D eigenvalue weighted by molar-refractivity contribution is 5.80. The Kier molecular flexibility index (Phi) is 6.54. The van der Waals surface area contributed by atoms with Gasteiger partial charge in [-0.25, -0.2) is 8.78 Å². The molecule has 2 aromatic rings. The largest absolute Gasteiger partial charge is 0.488 e. The molecule has 0 radical (unpaired) electrons. The third-order valence-corrected chi connectivity index (χ3v) is 3.20. The summed E-state index contributed by atoms with van der Waals surface area (Å²) >= 11 is 0. The van der Waals surface area contributed by atoms with E-state index < -0.39 is 11.6 Å². The average Bonchev–Trinajstić information content (AvgIpc) is 2.54. The Morgan fingerprint density at radius 3 is 2.43 bits per heavy atom. The van der Waals surface area contributed by atoms with Gasteiger partial charge in [0.2, 0.25) is 0 Å². The number of unbranched alkanes of at least 4 members (excludes halogenated alkanes) is 2. The maximum atomic E-state index is 13.9. The summed E-state index contributed by atoms with van der Waals surface area (Å²) < 4.78 is 33.0. The van der Waals surface area contributed by atoms with Crippen LogP contribution in [0.15, 0.2) is 47.6 Å². The summed E-state index contributed by atoms with van der Waals surface area (Å²) in [6, 6.07) is 11.7. The van der Waals surface area contributed by atoms with Gasteiger partial charge in [0.15, 0.2) is 17.4 Å². The predicted octanol–water partition coefficient (Wildman–Crippen LogP) is 4.98. The molecule has 0 aliphatic carbocycles. The average molecular weight is 318 g/mol. The van der Waals surface area contributed by atoms with Gasteiger partial charge in [-0.05, 0) is 30.7 Å². The minimum absolute atomic E-state index is 0.310. The van der Waals surface area contributed by atoms with E-state index in [0.29, 0.717) is 12.2 Å². The molecule has 0 aromatic heterocycles. The third-order valence-electron chi connectivity index (χ3n) is 3.20. The molecule has 0 saturated heterocycles. The second-order valence-corrected chi connectivity index (χ2v) is 5.11. The Hall–Kier alpha value is -2.43. The quantitative estimate of drug-likeness (QED) is 0.423. The van der Waals surface area contributed by atoms with E-state index >= 15 is 0 Å². The van der Waals surface area contributed by atoms with E-state index in [2.05, 4.69) is 17.5 Å². The zero-order valence-electron chi connectivity index (χ0n) is 13.1. The van der Waals surface area contributed by atoms with Crippen molar-refractivity contribution in [3.63, 3.8) is 0 Å². The number of nitrogens with one attached hydrogen (secondary N) is 1. The van der Waals surface area contributed by atoms with Gasteiger partial charge in [0.05, 0.1) is 18.5 Å². The Morgan fingerprint density at radius 1 is 1.09 bits per heavy atom. The minimum atomic E-state index is -0.720. The summed E-state index contributed by atoms with van der Waals surface area (Å²) in [7, 11) is 0. The van der Waals surface area contributed by atoms with Crippen LogP contribution >= 0.6 is 0 Å². The first-order valence-corrected chi connectivity index (χ1v) is 7.66. The van der Waals surface area contributed by atoms with Gasteiger partial charge in [0.25, 0.3) is 0 Å². The van der Waals surface area contributed by atoms with Crippen molar-refractivity contribution in [3.05, 3.63) is 59.7 Å². The number of anilines is 1. The lowest BCUT2D eigenvalue weighted by atomic mass is 10.2. The van der Waals surface area contributed by atoms with E-state index in [4.69, 9.17) is 4.74 Å². The summed E-state index contributed by atoms with van der Waals surface area (Å²) in [6.45, 7) is 2.36. The second kappa shape index (κ2) is 8.88. The van der Waals surface area contributed by atoms with Crippen molar-refractivity contribution in [3.8, 4) is 5.75 Å². The number of hydrazone groups is 1. The fraction of sp³-hybridized carbons (Fsp3) is 0.278. The molecular weight excluding hydrogens is 298 g/mol. The van der Waals surface area contributed by atoms with E-state index in [1.807, 2.05) is 30.3 Å². The predicted molar refractivity (Wildman–Crippen MR) is 89.0 cm³/mol. The number of hydrogen-bond donors (Lipinski definition) is 1. The van der Waals surface area contributed by atoms with Crippen molar-refractivity contribution in [2.45, 2.75) is 26.2 Å². The number of para-hydroxylation sites is 1. The van der Waals surface area contributed by atoms with Crippen molar-refractivity contribution in [1.82, 2.24) is 0 Å². The Labute approximate surface area is 135 Å². The molecule has 0 fully saturated rings. The summed E-state index contributed by atoms with van der Waals surface area (Å²) in [6.07, 6.45) is 4.14. The molecule has 0 atom stereocenters. The first-order chi connectivity index (χ1) is 11.2. The molecule has 3 nitrogen and oxygen atoms in total. The standard InChI is InChI=1S/C18H20F2N2O/c1-2-3-7-10-23-18-16(19)11-14(12-17(18)20)13-21-22-15-8-5-4-6-9-15/h4-6,8-9,11-13,22H,2-3,7,10H2,1H3. The summed E-state index contributed by atoms with van der Waals surface area (Å²) in [5.74, 6) is -1.76. The molecule has 1 N–H and O–H groups in total. The minimum Gasteiger partial charge on any atom is -0.488 e. The van der Waals surface area contributed by atoms with Crippen LogP contribution in [0, 0.1) is 11.6 Å². The number of rotatable bonds is 8. The molecule has 2 aromatic carbocycles. The monoisotopic (exact) mass is 318 g/mol. The zero-order valence-corrected chi connectivity index (χ0v) is 13.1. The molecule has 0 bridgehead atoms. The summed E-state index contributed by atoms with van der Waals surface area (Å²) in [4.78, 5) is 0. The molecule has 2 rings (SSSR count). The van der Waals surface area contributed by atoms with Crippen LogP contribution in [0.5, 0.6) is 5.75 Å². The van der Waals surface area contributed by atoms with Crippen LogP contribution in [-0.4, -0.2) is 12.8 Å². The number of halogens is 2. The lowest BCUT2D eigenvalue weighted by Gasteiger charge is -2.08. The Morgan fingerprint density at radius 2 is 1.78 bits per heavy atom. The highest BCUT2D eigenvalue weighted by Gasteiger charge is 2.11. The van der Waals surface area contributed by atoms with Crippen molar-refractivity contribution in [1.29, 1.82) is 0 Å². The normalized spacial score (nSPS) is 10.9. The maximum absolute atomic E-state index is 13.9. The number of benzene rings is 2. The molecule has 0 aliphatic rings. The van der Waals surface area contributed by atoms with Crippen LogP contribution in [0.3, 0.4) is 0 Å². The topological polar surface area (TPSA) is 33.6 Å². The second-order valence-electron chi connectivity index (χ2n) is 5.11. The van der Waals surface area contributed by atoms with E-state index in [1.165, 1.54) is 18.3 Å². The highest BCUT2D eigenvalue weighted by Crippen LogP contribution is 2.23.